The molecule has 1 aromatic carbocycles. The van der Waals surface area contributed by atoms with Crippen LogP contribution in [0.5, 0.6) is 11.5 Å². The molecule has 0 saturated carbocycles. The molecule has 6 nitrogen and oxygen atoms in total. The van der Waals surface area contributed by atoms with Gasteiger partial charge in [-0.2, -0.15) is 0 Å². The average molecular weight is 394 g/mol. The first-order valence-corrected chi connectivity index (χ1v) is 8.05. The molecule has 2 N–H and O–H groups in total. The molecule has 1 amide bonds. The van der Waals surface area contributed by atoms with E-state index in [4.69, 9.17) is 9.47 Å². The zero-order valence-corrected chi connectivity index (χ0v) is 16.7. The van der Waals surface area contributed by atoms with Crippen molar-refractivity contribution in [1.29, 1.82) is 0 Å². The second-order valence-electron chi connectivity index (χ2n) is 6.00. The second-order valence-corrected chi connectivity index (χ2v) is 6.00. The van der Waals surface area contributed by atoms with Crippen molar-refractivity contribution in [3.05, 3.63) is 23.8 Å². The fourth-order valence-electron chi connectivity index (χ4n) is 2.50. The summed E-state index contributed by atoms with van der Waals surface area (Å²) in [6.45, 7) is 2.86. The first kappa shape index (κ1) is 23.8. The Bertz CT molecular complexity index is 524. The van der Waals surface area contributed by atoms with Crippen molar-refractivity contribution in [3.8, 4) is 11.5 Å². The lowest BCUT2D eigenvalue weighted by atomic mass is 10.1. The summed E-state index contributed by atoms with van der Waals surface area (Å²) in [5.41, 5.74) is 0.994. The zero-order valence-electron chi connectivity index (χ0n) is 15.0. The van der Waals surface area contributed by atoms with Crippen LogP contribution in [0.15, 0.2) is 18.2 Å². The van der Waals surface area contributed by atoms with Gasteiger partial charge in [-0.25, -0.2) is 0 Å². The first-order chi connectivity index (χ1) is 11.1. The van der Waals surface area contributed by atoms with Gasteiger partial charge in [0.2, 0.25) is 5.91 Å². The molecule has 8 heteroatoms. The molecule has 25 heavy (non-hydrogen) atoms. The Labute approximate surface area is 162 Å². The fourth-order valence-corrected chi connectivity index (χ4v) is 2.50. The van der Waals surface area contributed by atoms with Crippen LogP contribution >= 0.6 is 24.8 Å². The molecule has 2 rings (SSSR count). The summed E-state index contributed by atoms with van der Waals surface area (Å²) < 4.78 is 11.1. The minimum atomic E-state index is -0.0504. The maximum absolute atomic E-state index is 12.0. The van der Waals surface area contributed by atoms with Crippen molar-refractivity contribution in [2.45, 2.75) is 25.4 Å². The number of likely N-dealkylation sites (N-methyl/N-ethyl adjacent to an activating group) is 1. The van der Waals surface area contributed by atoms with Crippen LogP contribution in [0.3, 0.4) is 0 Å². The minimum absolute atomic E-state index is 0. The SMILES string of the molecule is COc1cc(CNC(=O)[C@@H]2CCCN2)ccc1OCCN(C)C.Cl.Cl. The lowest BCUT2D eigenvalue weighted by molar-refractivity contribution is -0.122. The summed E-state index contributed by atoms with van der Waals surface area (Å²) in [5.74, 6) is 1.48. The largest absolute Gasteiger partial charge is 0.493 e. The number of carbonyl (C=O) groups is 1. The number of nitrogens with zero attached hydrogens (tertiary/aromatic N) is 1. The maximum atomic E-state index is 12.0. The van der Waals surface area contributed by atoms with Gasteiger partial charge in [0.1, 0.15) is 6.61 Å². The summed E-state index contributed by atoms with van der Waals surface area (Å²) in [7, 11) is 5.64. The Balaban J connectivity index is 0.00000288. The molecule has 1 aromatic rings. The highest BCUT2D eigenvalue weighted by Crippen LogP contribution is 2.28. The van der Waals surface area contributed by atoms with Gasteiger partial charge in [-0.05, 0) is 51.2 Å². The van der Waals surface area contributed by atoms with Gasteiger partial charge in [-0.1, -0.05) is 6.07 Å². The molecule has 1 fully saturated rings. The Kier molecular flexibility index (Phi) is 11.6. The van der Waals surface area contributed by atoms with E-state index in [2.05, 4.69) is 15.5 Å². The van der Waals surface area contributed by atoms with Crippen LogP contribution in [-0.4, -0.2) is 57.8 Å². The maximum Gasteiger partial charge on any atom is 0.237 e. The summed E-state index contributed by atoms with van der Waals surface area (Å²) >= 11 is 0. The van der Waals surface area contributed by atoms with Crippen LogP contribution in [0.4, 0.5) is 0 Å². The van der Waals surface area contributed by atoms with Crippen LogP contribution in [0.25, 0.3) is 0 Å². The monoisotopic (exact) mass is 393 g/mol. The number of nitrogens with one attached hydrogen (secondary N) is 2. The molecule has 0 aromatic heterocycles. The lowest BCUT2D eigenvalue weighted by Gasteiger charge is -2.15. The Morgan fingerprint density at radius 3 is 2.68 bits per heavy atom. The van der Waals surface area contributed by atoms with E-state index in [0.29, 0.717) is 18.9 Å². The van der Waals surface area contributed by atoms with E-state index in [0.717, 1.165) is 37.2 Å². The Hall–Kier alpha value is -1.21. The highest BCUT2D eigenvalue weighted by atomic mass is 35.5. The number of benzene rings is 1. The topological polar surface area (TPSA) is 62.8 Å². The Morgan fingerprint density at radius 2 is 2.08 bits per heavy atom. The van der Waals surface area contributed by atoms with Crippen LogP contribution in [-0.2, 0) is 11.3 Å². The van der Waals surface area contributed by atoms with E-state index < -0.39 is 0 Å². The molecule has 144 valence electrons. The molecule has 1 aliphatic heterocycles. The van der Waals surface area contributed by atoms with Crippen molar-refractivity contribution in [1.82, 2.24) is 15.5 Å². The van der Waals surface area contributed by atoms with Gasteiger partial charge in [0, 0.05) is 13.1 Å². The molecule has 1 heterocycles. The van der Waals surface area contributed by atoms with Gasteiger partial charge in [0.25, 0.3) is 0 Å². The molecule has 1 aliphatic rings. The molecular formula is C17H29Cl2N3O3. The van der Waals surface area contributed by atoms with Gasteiger partial charge in [-0.3, -0.25) is 4.79 Å². The van der Waals surface area contributed by atoms with Crippen LogP contribution < -0.4 is 20.1 Å². The van der Waals surface area contributed by atoms with Crippen molar-refractivity contribution in [2.75, 3.05) is 40.9 Å². The van der Waals surface area contributed by atoms with Crippen LogP contribution in [0.2, 0.25) is 0 Å². The standard InChI is InChI=1S/C17H27N3O3.2ClH/c1-20(2)9-10-23-15-7-6-13(11-16(15)22-3)12-19-17(21)14-5-4-8-18-14;;/h6-7,11,14,18H,4-5,8-10,12H2,1-3H3,(H,19,21);2*1H/t14-;;/m0../s1. The molecule has 0 unspecified atom stereocenters. The summed E-state index contributed by atoms with van der Waals surface area (Å²) in [6.07, 6.45) is 1.97. The van der Waals surface area contributed by atoms with Crippen molar-refractivity contribution < 1.29 is 14.3 Å². The van der Waals surface area contributed by atoms with Crippen molar-refractivity contribution >= 4 is 30.7 Å². The number of ether oxygens (including phenoxy) is 2. The number of hydrogen-bond donors (Lipinski definition) is 2. The Morgan fingerprint density at radius 1 is 1.32 bits per heavy atom. The van der Waals surface area contributed by atoms with E-state index >= 15 is 0 Å². The third-order valence-corrected chi connectivity index (χ3v) is 3.87. The van der Waals surface area contributed by atoms with Gasteiger partial charge >= 0.3 is 0 Å². The predicted octanol–water partition coefficient (Wildman–Crippen LogP) is 1.85. The number of carbonyl (C=O) groups excluding carboxylic acids is 1. The third-order valence-electron chi connectivity index (χ3n) is 3.87. The summed E-state index contributed by atoms with van der Waals surface area (Å²) in [6, 6.07) is 5.71. The van der Waals surface area contributed by atoms with E-state index in [1.54, 1.807) is 7.11 Å². The second kappa shape index (κ2) is 12.2. The average Bonchev–Trinajstić information content (AvgIpc) is 3.07. The van der Waals surface area contributed by atoms with Gasteiger partial charge in [0.05, 0.1) is 13.2 Å². The minimum Gasteiger partial charge on any atom is -0.493 e. The number of amides is 1. The van der Waals surface area contributed by atoms with E-state index in [1.165, 1.54) is 0 Å². The van der Waals surface area contributed by atoms with E-state index in [9.17, 15) is 4.79 Å². The van der Waals surface area contributed by atoms with Crippen molar-refractivity contribution in [3.63, 3.8) is 0 Å². The lowest BCUT2D eigenvalue weighted by Crippen LogP contribution is -2.39. The van der Waals surface area contributed by atoms with Gasteiger partial charge in [0.15, 0.2) is 11.5 Å². The normalized spacial score (nSPS) is 15.9. The summed E-state index contributed by atoms with van der Waals surface area (Å²) in [5, 5.41) is 6.16. The predicted molar refractivity (Wildman–Crippen MR) is 104 cm³/mol. The molecule has 0 spiro atoms. The van der Waals surface area contributed by atoms with Crippen LogP contribution in [0, 0.1) is 0 Å². The van der Waals surface area contributed by atoms with Gasteiger partial charge < -0.3 is 25.0 Å². The quantitative estimate of drug-likeness (QED) is 0.705. The summed E-state index contributed by atoms with van der Waals surface area (Å²) in [4.78, 5) is 14.1. The number of halogens is 2. The first-order valence-electron chi connectivity index (χ1n) is 8.05. The fraction of sp³-hybridized carbons (Fsp3) is 0.588. The highest BCUT2D eigenvalue weighted by molar-refractivity contribution is 5.85. The van der Waals surface area contributed by atoms with E-state index in [1.807, 2.05) is 32.3 Å². The molecule has 1 atom stereocenters. The number of methoxy groups -OCH3 is 1. The highest BCUT2D eigenvalue weighted by Gasteiger charge is 2.21. The molecule has 0 bridgehead atoms. The van der Waals surface area contributed by atoms with Gasteiger partial charge in [-0.15, -0.1) is 24.8 Å². The van der Waals surface area contributed by atoms with E-state index in [-0.39, 0.29) is 36.8 Å². The number of hydrogen-bond acceptors (Lipinski definition) is 5. The molecule has 0 aliphatic carbocycles. The van der Waals surface area contributed by atoms with Crippen LogP contribution in [0.1, 0.15) is 18.4 Å². The molecule has 1 saturated heterocycles. The smallest absolute Gasteiger partial charge is 0.237 e. The third kappa shape index (κ3) is 7.69. The van der Waals surface area contributed by atoms with Crippen molar-refractivity contribution in [2.24, 2.45) is 0 Å². The molecular weight excluding hydrogens is 365 g/mol. The molecule has 0 radical (unpaired) electrons. The zero-order chi connectivity index (χ0) is 16.7. The number of rotatable bonds is 8.